The number of hydrogen-bond donors (Lipinski definition) is 0. The van der Waals surface area contributed by atoms with Gasteiger partial charge in [-0.3, -0.25) is 19.6 Å². The van der Waals surface area contributed by atoms with Crippen LogP contribution in [0.15, 0.2) is 53.3 Å². The molecule has 154 valence electrons. The van der Waals surface area contributed by atoms with Crippen molar-refractivity contribution in [1.29, 1.82) is 0 Å². The highest BCUT2D eigenvalue weighted by Crippen LogP contribution is 2.27. The van der Waals surface area contributed by atoms with Crippen LogP contribution >= 0.6 is 0 Å². The van der Waals surface area contributed by atoms with E-state index in [1.807, 2.05) is 23.1 Å². The molecule has 30 heavy (non-hydrogen) atoms. The molecule has 1 aliphatic rings. The normalized spacial score (nSPS) is 13.9. The Balaban J connectivity index is 1.46. The Morgan fingerprint density at radius 2 is 2.07 bits per heavy atom. The van der Waals surface area contributed by atoms with Gasteiger partial charge in [0.2, 0.25) is 5.91 Å². The second-order valence-corrected chi connectivity index (χ2v) is 7.59. The minimum absolute atomic E-state index is 0.120. The van der Waals surface area contributed by atoms with Crippen molar-refractivity contribution in [3.8, 4) is 0 Å². The fourth-order valence-corrected chi connectivity index (χ4v) is 3.59. The van der Waals surface area contributed by atoms with E-state index in [1.165, 1.54) is 4.90 Å². The van der Waals surface area contributed by atoms with Crippen molar-refractivity contribution in [1.82, 2.24) is 19.8 Å². The third-order valence-corrected chi connectivity index (χ3v) is 5.22. The molecule has 0 bridgehead atoms. The smallest absolute Gasteiger partial charge is 0.289 e. The van der Waals surface area contributed by atoms with E-state index in [2.05, 4.69) is 16.0 Å². The molecule has 4 rings (SSSR count). The molecule has 0 aliphatic carbocycles. The van der Waals surface area contributed by atoms with Crippen LogP contribution in [-0.4, -0.2) is 58.8 Å². The van der Waals surface area contributed by atoms with Crippen LogP contribution in [0, 0.1) is 0 Å². The summed E-state index contributed by atoms with van der Waals surface area (Å²) in [4.78, 5) is 36.5. The number of aromatic nitrogens is 2. The van der Waals surface area contributed by atoms with Crippen LogP contribution in [0.2, 0.25) is 0 Å². The first-order chi connectivity index (χ1) is 14.5. The molecule has 3 heterocycles. The number of nitrogens with zero attached hydrogens (tertiary/aromatic N) is 4. The molecule has 0 radical (unpaired) electrons. The fourth-order valence-electron chi connectivity index (χ4n) is 3.59. The van der Waals surface area contributed by atoms with E-state index in [0.717, 1.165) is 35.2 Å². The summed E-state index contributed by atoms with van der Waals surface area (Å²) in [5.41, 5.74) is 3.65. The Morgan fingerprint density at radius 1 is 1.20 bits per heavy atom. The molecule has 1 aliphatic heterocycles. The molecule has 0 saturated heterocycles. The number of amides is 2. The Kier molecular flexibility index (Phi) is 5.61. The highest BCUT2D eigenvalue weighted by Gasteiger charge is 2.20. The summed E-state index contributed by atoms with van der Waals surface area (Å²) >= 11 is 0. The highest BCUT2D eigenvalue weighted by molar-refractivity contribution is 5.96. The standard InChI is InChI=1S/C23H24N4O3/c1-26(2)23(29)21-13-18-12-16(5-7-20(18)30-21)17-4-3-11-27(15-17)22(28)8-6-19-14-24-9-10-25-19/h4-5,7,9-10,12-14H,3,6,8,11,15H2,1-2H3. The Bertz CT molecular complexity index is 1100. The molecule has 0 fully saturated rings. The van der Waals surface area contributed by atoms with Crippen molar-refractivity contribution in [2.45, 2.75) is 19.3 Å². The van der Waals surface area contributed by atoms with Crippen molar-refractivity contribution >= 4 is 28.4 Å². The van der Waals surface area contributed by atoms with Crippen molar-refractivity contribution in [3.63, 3.8) is 0 Å². The van der Waals surface area contributed by atoms with Gasteiger partial charge in [-0.2, -0.15) is 0 Å². The third-order valence-electron chi connectivity index (χ3n) is 5.22. The van der Waals surface area contributed by atoms with E-state index in [0.29, 0.717) is 30.7 Å². The summed E-state index contributed by atoms with van der Waals surface area (Å²) in [6.45, 7) is 1.30. The number of fused-ring (bicyclic) bond motifs is 1. The topological polar surface area (TPSA) is 79.5 Å². The predicted octanol–water partition coefficient (Wildman–Crippen LogP) is 3.17. The van der Waals surface area contributed by atoms with Crippen molar-refractivity contribution in [2.24, 2.45) is 0 Å². The molecule has 0 saturated carbocycles. The lowest BCUT2D eigenvalue weighted by Crippen LogP contribution is -2.35. The monoisotopic (exact) mass is 404 g/mol. The van der Waals surface area contributed by atoms with E-state index < -0.39 is 0 Å². The zero-order valence-corrected chi connectivity index (χ0v) is 17.2. The minimum Gasteiger partial charge on any atom is -0.451 e. The molecule has 1 aromatic carbocycles. The number of aryl methyl sites for hydroxylation is 1. The molecule has 2 amide bonds. The number of furan rings is 1. The third kappa shape index (κ3) is 4.25. The molecule has 0 unspecified atom stereocenters. The van der Waals surface area contributed by atoms with Crippen LogP contribution in [-0.2, 0) is 11.2 Å². The lowest BCUT2D eigenvalue weighted by molar-refractivity contribution is -0.130. The SMILES string of the molecule is CN(C)C(=O)c1cc2cc(C3=CCCN(C(=O)CCc4cnccn4)C3)ccc2o1. The van der Waals surface area contributed by atoms with E-state index in [-0.39, 0.29) is 11.8 Å². The molecule has 2 aromatic heterocycles. The zero-order chi connectivity index (χ0) is 21.1. The number of carbonyl (C=O) groups excluding carboxylic acids is 2. The Morgan fingerprint density at radius 3 is 2.83 bits per heavy atom. The first kappa shape index (κ1) is 19.8. The van der Waals surface area contributed by atoms with Crippen molar-refractivity contribution < 1.29 is 14.0 Å². The molecule has 0 N–H and O–H groups in total. The van der Waals surface area contributed by atoms with Crippen LogP contribution in [0.25, 0.3) is 16.5 Å². The van der Waals surface area contributed by atoms with Crippen LogP contribution in [0.5, 0.6) is 0 Å². The minimum atomic E-state index is -0.162. The average Bonchev–Trinajstić information content (AvgIpc) is 3.21. The van der Waals surface area contributed by atoms with Gasteiger partial charge in [-0.15, -0.1) is 0 Å². The molecular formula is C23H24N4O3. The second-order valence-electron chi connectivity index (χ2n) is 7.59. The second kappa shape index (κ2) is 8.49. The largest absolute Gasteiger partial charge is 0.451 e. The summed E-state index contributed by atoms with van der Waals surface area (Å²) in [6.07, 6.45) is 8.98. The lowest BCUT2D eigenvalue weighted by atomic mass is 9.99. The maximum absolute atomic E-state index is 12.7. The highest BCUT2D eigenvalue weighted by atomic mass is 16.3. The van der Waals surface area contributed by atoms with Gasteiger partial charge in [0.25, 0.3) is 5.91 Å². The van der Waals surface area contributed by atoms with E-state index >= 15 is 0 Å². The molecular weight excluding hydrogens is 380 g/mol. The van der Waals surface area contributed by atoms with Gasteiger partial charge in [-0.25, -0.2) is 0 Å². The first-order valence-corrected chi connectivity index (χ1v) is 9.98. The van der Waals surface area contributed by atoms with Crippen molar-refractivity contribution in [3.05, 3.63) is 65.9 Å². The molecule has 7 nitrogen and oxygen atoms in total. The maximum atomic E-state index is 12.7. The lowest BCUT2D eigenvalue weighted by Gasteiger charge is -2.27. The van der Waals surface area contributed by atoms with Crippen LogP contribution in [0.1, 0.15) is 34.7 Å². The number of rotatable bonds is 5. The van der Waals surface area contributed by atoms with Gasteiger partial charge in [0, 0.05) is 57.6 Å². The Labute approximate surface area is 175 Å². The molecule has 3 aromatic rings. The summed E-state index contributed by atoms with van der Waals surface area (Å²) in [7, 11) is 3.40. The van der Waals surface area contributed by atoms with Gasteiger partial charge >= 0.3 is 0 Å². The van der Waals surface area contributed by atoms with Crippen LogP contribution in [0.3, 0.4) is 0 Å². The van der Waals surface area contributed by atoms with Gasteiger partial charge in [0.1, 0.15) is 5.58 Å². The maximum Gasteiger partial charge on any atom is 0.289 e. The summed E-state index contributed by atoms with van der Waals surface area (Å²) in [5.74, 6) is 0.282. The van der Waals surface area contributed by atoms with Crippen LogP contribution in [0.4, 0.5) is 0 Å². The molecule has 7 heteroatoms. The quantitative estimate of drug-likeness (QED) is 0.653. The first-order valence-electron chi connectivity index (χ1n) is 9.98. The summed E-state index contributed by atoms with van der Waals surface area (Å²) < 4.78 is 5.68. The molecule has 0 atom stereocenters. The fraction of sp³-hybridized carbons (Fsp3) is 0.304. The van der Waals surface area contributed by atoms with Gasteiger partial charge < -0.3 is 14.2 Å². The zero-order valence-electron chi connectivity index (χ0n) is 17.2. The van der Waals surface area contributed by atoms with Gasteiger partial charge in [0.15, 0.2) is 5.76 Å². The van der Waals surface area contributed by atoms with E-state index in [1.54, 1.807) is 38.8 Å². The Hall–Kier alpha value is -3.48. The van der Waals surface area contributed by atoms with E-state index in [9.17, 15) is 9.59 Å². The predicted molar refractivity (Wildman–Crippen MR) is 114 cm³/mol. The van der Waals surface area contributed by atoms with Crippen LogP contribution < -0.4 is 0 Å². The number of carbonyl (C=O) groups is 2. The van der Waals surface area contributed by atoms with Gasteiger partial charge in [-0.05, 0) is 42.2 Å². The van der Waals surface area contributed by atoms with Gasteiger partial charge in [0.05, 0.1) is 5.69 Å². The summed E-state index contributed by atoms with van der Waals surface area (Å²) in [6, 6.07) is 7.65. The average molecular weight is 404 g/mol. The van der Waals surface area contributed by atoms with Gasteiger partial charge in [-0.1, -0.05) is 12.1 Å². The number of hydrogen-bond acceptors (Lipinski definition) is 5. The summed E-state index contributed by atoms with van der Waals surface area (Å²) in [5, 5.41) is 0.879. The van der Waals surface area contributed by atoms with E-state index in [4.69, 9.17) is 4.42 Å². The number of benzene rings is 1. The molecule has 0 spiro atoms. The van der Waals surface area contributed by atoms with Crippen molar-refractivity contribution in [2.75, 3.05) is 27.2 Å².